The maximum absolute atomic E-state index is 3.63. The molecule has 2 heteroatoms. The Balaban J connectivity index is 2.80. The summed E-state index contributed by atoms with van der Waals surface area (Å²) in [6.45, 7) is 11.2. The van der Waals surface area contributed by atoms with Crippen LogP contribution in [0.15, 0.2) is 22.7 Å². The zero-order valence-electron chi connectivity index (χ0n) is 12.4. The van der Waals surface area contributed by atoms with Crippen molar-refractivity contribution in [1.82, 2.24) is 4.90 Å². The van der Waals surface area contributed by atoms with Gasteiger partial charge in [-0.15, -0.1) is 0 Å². The summed E-state index contributed by atoms with van der Waals surface area (Å²) in [4.78, 5) is 2.40. The molecule has 0 saturated heterocycles. The van der Waals surface area contributed by atoms with Gasteiger partial charge in [0.15, 0.2) is 0 Å². The van der Waals surface area contributed by atoms with E-state index in [2.05, 4.69) is 73.8 Å². The van der Waals surface area contributed by atoms with Gasteiger partial charge in [0.25, 0.3) is 0 Å². The Kier molecular flexibility index (Phi) is 5.87. The summed E-state index contributed by atoms with van der Waals surface area (Å²) in [5, 5.41) is 0. The van der Waals surface area contributed by atoms with E-state index >= 15 is 0 Å². The van der Waals surface area contributed by atoms with Crippen LogP contribution in [0.3, 0.4) is 0 Å². The van der Waals surface area contributed by atoms with Crippen LogP contribution in [0.2, 0.25) is 0 Å². The molecule has 0 fully saturated rings. The van der Waals surface area contributed by atoms with Crippen LogP contribution in [0.4, 0.5) is 0 Å². The molecule has 0 unspecified atom stereocenters. The van der Waals surface area contributed by atoms with E-state index in [9.17, 15) is 0 Å². The summed E-state index contributed by atoms with van der Waals surface area (Å²) in [5.74, 6) is 0. The Bertz CT molecular complexity index is 379. The molecule has 1 nitrogen and oxygen atoms in total. The van der Waals surface area contributed by atoms with Crippen LogP contribution in [-0.2, 0) is 12.0 Å². The summed E-state index contributed by atoms with van der Waals surface area (Å²) in [6.07, 6.45) is 2.53. The van der Waals surface area contributed by atoms with Crippen molar-refractivity contribution in [1.29, 1.82) is 0 Å². The van der Waals surface area contributed by atoms with E-state index in [-0.39, 0.29) is 5.41 Å². The summed E-state index contributed by atoms with van der Waals surface area (Å²) in [7, 11) is 2.20. The van der Waals surface area contributed by atoms with Gasteiger partial charge in [-0.2, -0.15) is 0 Å². The zero-order chi connectivity index (χ0) is 13.8. The molecule has 0 spiro atoms. The second-order valence-corrected chi connectivity index (χ2v) is 7.11. The topological polar surface area (TPSA) is 3.24 Å². The lowest BCUT2D eigenvalue weighted by atomic mass is 9.86. The number of hydrogen-bond donors (Lipinski definition) is 0. The highest BCUT2D eigenvalue weighted by Gasteiger charge is 2.15. The van der Waals surface area contributed by atoms with Crippen molar-refractivity contribution in [2.75, 3.05) is 13.6 Å². The molecule has 18 heavy (non-hydrogen) atoms. The molecule has 0 aliphatic heterocycles. The lowest BCUT2D eigenvalue weighted by molar-refractivity contribution is 0.320. The highest BCUT2D eigenvalue weighted by atomic mass is 79.9. The molecule has 1 aromatic rings. The molecule has 0 aliphatic carbocycles. The average molecular weight is 312 g/mol. The first-order valence-corrected chi connectivity index (χ1v) is 7.60. The average Bonchev–Trinajstić information content (AvgIpc) is 2.24. The summed E-state index contributed by atoms with van der Waals surface area (Å²) < 4.78 is 1.19. The van der Waals surface area contributed by atoms with Gasteiger partial charge < -0.3 is 4.90 Å². The normalized spacial score (nSPS) is 12.2. The predicted molar refractivity (Wildman–Crippen MR) is 84.1 cm³/mol. The van der Waals surface area contributed by atoms with Crippen molar-refractivity contribution in [2.24, 2.45) is 0 Å². The molecule has 0 atom stereocenters. The van der Waals surface area contributed by atoms with Crippen LogP contribution in [0.25, 0.3) is 0 Å². The molecule has 1 rings (SSSR count). The summed E-state index contributed by atoms with van der Waals surface area (Å²) in [6, 6.07) is 6.81. The van der Waals surface area contributed by atoms with Gasteiger partial charge in [0.05, 0.1) is 0 Å². The van der Waals surface area contributed by atoms with Gasteiger partial charge in [-0.25, -0.2) is 0 Å². The number of unbranched alkanes of at least 4 members (excludes halogenated alkanes) is 1. The van der Waals surface area contributed by atoms with E-state index < -0.39 is 0 Å². The second kappa shape index (κ2) is 6.72. The standard InChI is InChI=1S/C16H26BrN/c1-6-7-8-18(5)12-13-9-14(16(2,3)4)11-15(17)10-13/h9-11H,6-8,12H2,1-5H3. The Morgan fingerprint density at radius 3 is 2.39 bits per heavy atom. The van der Waals surface area contributed by atoms with Crippen LogP contribution in [-0.4, -0.2) is 18.5 Å². The van der Waals surface area contributed by atoms with E-state index in [1.54, 1.807) is 0 Å². The van der Waals surface area contributed by atoms with Gasteiger partial charge >= 0.3 is 0 Å². The largest absolute Gasteiger partial charge is 0.302 e. The molecule has 0 aromatic heterocycles. The minimum absolute atomic E-state index is 0.209. The van der Waals surface area contributed by atoms with E-state index in [0.717, 1.165) is 6.54 Å². The lowest BCUT2D eigenvalue weighted by Gasteiger charge is -2.22. The van der Waals surface area contributed by atoms with Crippen molar-refractivity contribution in [2.45, 2.75) is 52.5 Å². The van der Waals surface area contributed by atoms with E-state index in [1.165, 1.54) is 35.0 Å². The molecule has 0 radical (unpaired) electrons. The Labute approximate surface area is 121 Å². The third-order valence-corrected chi connectivity index (χ3v) is 3.63. The fourth-order valence-corrected chi connectivity index (χ4v) is 2.53. The van der Waals surface area contributed by atoms with Gasteiger partial charge in [-0.1, -0.05) is 56.1 Å². The number of nitrogens with zero attached hydrogens (tertiary/aromatic N) is 1. The highest BCUT2D eigenvalue weighted by molar-refractivity contribution is 9.10. The van der Waals surface area contributed by atoms with E-state index in [0.29, 0.717) is 0 Å². The molecule has 0 N–H and O–H groups in total. The molecular formula is C16H26BrN. The van der Waals surface area contributed by atoms with Gasteiger partial charge in [0.2, 0.25) is 0 Å². The number of halogens is 1. The number of rotatable bonds is 5. The first-order chi connectivity index (χ1) is 8.32. The van der Waals surface area contributed by atoms with Crippen molar-refractivity contribution in [3.05, 3.63) is 33.8 Å². The van der Waals surface area contributed by atoms with Gasteiger partial charge in [0, 0.05) is 11.0 Å². The summed E-state index contributed by atoms with van der Waals surface area (Å²) in [5.41, 5.74) is 3.00. The first kappa shape index (κ1) is 15.7. The first-order valence-electron chi connectivity index (χ1n) is 6.81. The smallest absolute Gasteiger partial charge is 0.0231 e. The molecule has 0 saturated carbocycles. The monoisotopic (exact) mass is 311 g/mol. The molecular weight excluding hydrogens is 286 g/mol. The Morgan fingerprint density at radius 1 is 1.17 bits per heavy atom. The minimum Gasteiger partial charge on any atom is -0.302 e. The van der Waals surface area contributed by atoms with Crippen molar-refractivity contribution < 1.29 is 0 Å². The van der Waals surface area contributed by atoms with Gasteiger partial charge in [0.1, 0.15) is 0 Å². The fourth-order valence-electron chi connectivity index (χ4n) is 1.99. The lowest BCUT2D eigenvalue weighted by Crippen LogP contribution is -2.19. The molecule has 0 bridgehead atoms. The highest BCUT2D eigenvalue weighted by Crippen LogP contribution is 2.27. The van der Waals surface area contributed by atoms with Crippen LogP contribution in [0.5, 0.6) is 0 Å². The number of benzene rings is 1. The molecule has 0 amide bonds. The van der Waals surface area contributed by atoms with Crippen LogP contribution in [0, 0.1) is 0 Å². The van der Waals surface area contributed by atoms with Crippen molar-refractivity contribution >= 4 is 15.9 Å². The quantitative estimate of drug-likeness (QED) is 0.741. The van der Waals surface area contributed by atoms with Crippen LogP contribution in [0.1, 0.15) is 51.7 Å². The third kappa shape index (κ3) is 5.11. The maximum Gasteiger partial charge on any atom is 0.0231 e. The summed E-state index contributed by atoms with van der Waals surface area (Å²) >= 11 is 3.63. The number of hydrogen-bond acceptors (Lipinski definition) is 1. The fraction of sp³-hybridized carbons (Fsp3) is 0.625. The molecule has 0 heterocycles. The van der Waals surface area contributed by atoms with Gasteiger partial charge in [-0.05, 0) is 48.7 Å². The third-order valence-electron chi connectivity index (χ3n) is 3.17. The van der Waals surface area contributed by atoms with Crippen molar-refractivity contribution in [3.63, 3.8) is 0 Å². The maximum atomic E-state index is 3.63. The molecule has 102 valence electrons. The predicted octanol–water partition coefficient (Wildman–Crippen LogP) is 4.98. The van der Waals surface area contributed by atoms with Crippen molar-refractivity contribution in [3.8, 4) is 0 Å². The van der Waals surface area contributed by atoms with E-state index in [1.807, 2.05) is 0 Å². The van der Waals surface area contributed by atoms with Crippen LogP contribution < -0.4 is 0 Å². The zero-order valence-corrected chi connectivity index (χ0v) is 14.0. The van der Waals surface area contributed by atoms with E-state index in [4.69, 9.17) is 0 Å². The molecule has 0 aliphatic rings. The Morgan fingerprint density at radius 2 is 1.83 bits per heavy atom. The minimum atomic E-state index is 0.209. The van der Waals surface area contributed by atoms with Crippen LogP contribution >= 0.6 is 15.9 Å². The Hall–Kier alpha value is -0.340. The second-order valence-electron chi connectivity index (χ2n) is 6.19. The van der Waals surface area contributed by atoms with Gasteiger partial charge in [-0.3, -0.25) is 0 Å². The molecule has 1 aromatic carbocycles. The SMILES string of the molecule is CCCCN(C)Cc1cc(Br)cc(C(C)(C)C)c1.